The van der Waals surface area contributed by atoms with Gasteiger partial charge in [0.2, 0.25) is 0 Å². The Hall–Kier alpha value is -0.860. The summed E-state index contributed by atoms with van der Waals surface area (Å²) in [4.78, 5) is 3.28. The third-order valence-corrected chi connectivity index (χ3v) is 3.65. The fourth-order valence-corrected chi connectivity index (χ4v) is 2.61. The third-order valence-electron chi connectivity index (χ3n) is 1.62. The van der Waals surface area contributed by atoms with Gasteiger partial charge in [0.15, 0.2) is 5.03 Å². The van der Waals surface area contributed by atoms with E-state index in [1.807, 2.05) is 0 Å². The molecule has 16 heavy (non-hydrogen) atoms. The van der Waals surface area contributed by atoms with Gasteiger partial charge in [-0.15, -0.1) is 0 Å². The zero-order chi connectivity index (χ0) is 12.5. The molecule has 0 unspecified atom stereocenters. The fraction of sp³-hybridized carbons (Fsp3) is 0.143. The quantitative estimate of drug-likeness (QED) is 0.801. The van der Waals surface area contributed by atoms with Gasteiger partial charge in [-0.2, -0.15) is 5.26 Å². The smallest absolute Gasteiger partial charge is 0.242 e. The van der Waals surface area contributed by atoms with Gasteiger partial charge in [0.05, 0.1) is 11.1 Å². The summed E-state index contributed by atoms with van der Waals surface area (Å²) in [5, 5.41) is 12.4. The number of aromatic nitrogens is 1. The molecule has 0 spiro atoms. The molecule has 1 rings (SSSR count). The third kappa shape index (κ3) is 2.45. The van der Waals surface area contributed by atoms with Gasteiger partial charge in [0.1, 0.15) is 6.07 Å². The first-order valence-electron chi connectivity index (χ1n) is 3.68. The zero-order valence-electron chi connectivity index (χ0n) is 7.49. The second-order valence-electron chi connectivity index (χ2n) is 2.66. The number of nitrogens with zero attached hydrogens (tertiary/aromatic N) is 2. The number of nitrogens with two attached hydrogens (primary N) is 1. The number of hydrogen-bond acceptors (Lipinski definition) is 4. The predicted octanol–water partition coefficient (Wildman–Crippen LogP) is 1.14. The van der Waals surface area contributed by atoms with E-state index >= 15 is 0 Å². The number of alkyl halides is 2. The molecule has 0 fully saturated rings. The van der Waals surface area contributed by atoms with E-state index in [1.54, 1.807) is 6.07 Å². The lowest BCUT2D eigenvalue weighted by Gasteiger charge is -2.08. The van der Waals surface area contributed by atoms with Gasteiger partial charge in [0, 0.05) is 9.77 Å². The number of rotatable bonds is 2. The highest BCUT2D eigenvalue weighted by molar-refractivity contribution is 14.1. The Bertz CT molecular complexity index is 568. The van der Waals surface area contributed by atoms with Crippen LogP contribution in [0.15, 0.2) is 11.2 Å². The van der Waals surface area contributed by atoms with Crippen molar-refractivity contribution in [3.8, 4) is 6.07 Å². The predicted molar refractivity (Wildman–Crippen MR) is 58.0 cm³/mol. The second kappa shape index (κ2) is 4.56. The Labute approximate surface area is 103 Å². The minimum atomic E-state index is -4.33. The van der Waals surface area contributed by atoms with E-state index in [4.69, 9.17) is 10.4 Å². The summed E-state index contributed by atoms with van der Waals surface area (Å²) in [6.07, 6.45) is -2.17. The minimum Gasteiger partial charge on any atom is -0.242 e. The van der Waals surface area contributed by atoms with Crippen LogP contribution in [0.25, 0.3) is 0 Å². The molecule has 0 saturated heterocycles. The van der Waals surface area contributed by atoms with Crippen molar-refractivity contribution in [1.82, 2.24) is 4.98 Å². The van der Waals surface area contributed by atoms with E-state index in [0.29, 0.717) is 0 Å². The maximum atomic E-state index is 12.7. The van der Waals surface area contributed by atoms with Crippen LogP contribution in [0.1, 0.15) is 17.6 Å². The highest BCUT2D eigenvalue weighted by Crippen LogP contribution is 2.30. The molecule has 9 heteroatoms. The molecule has 1 aromatic heterocycles. The number of halogens is 3. The molecule has 1 aromatic rings. The molecule has 0 bridgehead atoms. The van der Waals surface area contributed by atoms with Gasteiger partial charge in [-0.25, -0.2) is 27.3 Å². The average molecular weight is 359 g/mol. The highest BCUT2D eigenvalue weighted by atomic mass is 127. The maximum Gasteiger partial charge on any atom is 0.267 e. The van der Waals surface area contributed by atoms with E-state index in [-0.39, 0.29) is 9.13 Å². The summed E-state index contributed by atoms with van der Waals surface area (Å²) in [6.45, 7) is 0. The first kappa shape index (κ1) is 13.2. The summed E-state index contributed by atoms with van der Waals surface area (Å²) < 4.78 is 47.2. The van der Waals surface area contributed by atoms with Gasteiger partial charge in [-0.05, 0) is 22.6 Å². The zero-order valence-corrected chi connectivity index (χ0v) is 10.5. The van der Waals surface area contributed by atoms with Crippen LogP contribution in [-0.2, 0) is 10.0 Å². The highest BCUT2D eigenvalue weighted by Gasteiger charge is 2.26. The molecule has 0 saturated carbocycles. The molecule has 86 valence electrons. The Kier molecular flexibility index (Phi) is 3.76. The summed E-state index contributed by atoms with van der Waals surface area (Å²) >= 11 is 1.46. The summed E-state index contributed by atoms with van der Waals surface area (Å²) in [6, 6.07) is 1.63. The molecule has 0 radical (unpaired) electrons. The Morgan fingerprint density at radius 2 is 2.12 bits per heavy atom. The topological polar surface area (TPSA) is 96.8 Å². The van der Waals surface area contributed by atoms with Crippen LogP contribution in [0.4, 0.5) is 8.78 Å². The van der Waals surface area contributed by atoms with Crippen LogP contribution in [0.5, 0.6) is 0 Å². The SMILES string of the molecule is N#Cc1cnc(S(N)(=O)=O)c(C(F)F)c1I. The second-order valence-corrected chi connectivity index (χ2v) is 5.22. The first-order chi connectivity index (χ1) is 7.29. The lowest BCUT2D eigenvalue weighted by Crippen LogP contribution is -2.18. The summed E-state index contributed by atoms with van der Waals surface area (Å²) in [7, 11) is -4.33. The Morgan fingerprint density at radius 1 is 1.56 bits per heavy atom. The van der Waals surface area contributed by atoms with E-state index in [9.17, 15) is 17.2 Å². The van der Waals surface area contributed by atoms with Crippen LogP contribution >= 0.6 is 22.6 Å². The van der Waals surface area contributed by atoms with Crippen molar-refractivity contribution in [3.63, 3.8) is 0 Å². The lowest BCUT2D eigenvalue weighted by molar-refractivity contribution is 0.146. The van der Waals surface area contributed by atoms with Crippen LogP contribution < -0.4 is 5.14 Å². The van der Waals surface area contributed by atoms with E-state index in [0.717, 1.165) is 6.20 Å². The average Bonchev–Trinajstić information content (AvgIpc) is 2.15. The lowest BCUT2D eigenvalue weighted by atomic mass is 10.2. The molecule has 0 aromatic carbocycles. The number of hydrogen-bond donors (Lipinski definition) is 1. The molecule has 5 nitrogen and oxygen atoms in total. The van der Waals surface area contributed by atoms with Crippen molar-refractivity contribution in [2.45, 2.75) is 11.5 Å². The summed E-state index contributed by atoms with van der Waals surface area (Å²) in [5.74, 6) is 0. The number of pyridine rings is 1. The molecule has 2 N–H and O–H groups in total. The van der Waals surface area contributed by atoms with Gasteiger partial charge in [-0.1, -0.05) is 0 Å². The van der Waals surface area contributed by atoms with Gasteiger partial charge in [0.25, 0.3) is 16.4 Å². The first-order valence-corrected chi connectivity index (χ1v) is 6.31. The monoisotopic (exact) mass is 359 g/mol. The Morgan fingerprint density at radius 3 is 2.50 bits per heavy atom. The summed E-state index contributed by atoms with van der Waals surface area (Å²) in [5.41, 5.74) is -0.953. The van der Waals surface area contributed by atoms with Crippen LogP contribution in [-0.4, -0.2) is 13.4 Å². The van der Waals surface area contributed by atoms with Crippen molar-refractivity contribution < 1.29 is 17.2 Å². The number of primary sulfonamides is 1. The molecule has 0 atom stereocenters. The molecule has 0 aliphatic carbocycles. The fourth-order valence-electron chi connectivity index (χ4n) is 0.982. The van der Waals surface area contributed by atoms with Crippen molar-refractivity contribution in [3.05, 3.63) is 20.9 Å². The van der Waals surface area contributed by atoms with Crippen molar-refractivity contribution in [2.24, 2.45) is 5.14 Å². The molecule has 1 heterocycles. The molecule has 0 aliphatic rings. The number of sulfonamides is 1. The molecular weight excluding hydrogens is 355 g/mol. The van der Waals surface area contributed by atoms with Crippen LogP contribution in [0.2, 0.25) is 0 Å². The van der Waals surface area contributed by atoms with E-state index < -0.39 is 27.0 Å². The van der Waals surface area contributed by atoms with Gasteiger partial charge in [-0.3, -0.25) is 0 Å². The minimum absolute atomic E-state index is 0.122. The molecule has 0 aliphatic heterocycles. The van der Waals surface area contributed by atoms with Gasteiger partial charge < -0.3 is 0 Å². The molecule has 0 amide bonds. The standard InChI is InChI=1S/C7H4F2IN3O2S/c8-6(9)4-5(10)3(1-11)2-13-7(4)16(12,14)15/h2,6H,(H2,12,14,15). The van der Waals surface area contributed by atoms with Crippen molar-refractivity contribution in [2.75, 3.05) is 0 Å². The van der Waals surface area contributed by atoms with Crippen LogP contribution in [0, 0.1) is 14.9 Å². The van der Waals surface area contributed by atoms with E-state index in [1.165, 1.54) is 22.6 Å². The maximum absolute atomic E-state index is 12.7. The van der Waals surface area contributed by atoms with E-state index in [2.05, 4.69) is 4.98 Å². The van der Waals surface area contributed by atoms with Crippen molar-refractivity contribution >= 4 is 32.6 Å². The Balaban J connectivity index is 3.69. The van der Waals surface area contributed by atoms with Crippen LogP contribution in [0.3, 0.4) is 0 Å². The van der Waals surface area contributed by atoms with Gasteiger partial charge >= 0.3 is 0 Å². The molecular formula is C7H4F2IN3O2S. The van der Waals surface area contributed by atoms with Crippen molar-refractivity contribution in [1.29, 1.82) is 5.26 Å². The number of nitriles is 1. The largest absolute Gasteiger partial charge is 0.267 e. The normalized spacial score (nSPS) is 11.5.